The van der Waals surface area contributed by atoms with E-state index in [4.69, 9.17) is 4.74 Å². The number of allylic oxidation sites excluding steroid dienone is 2. The zero-order chi connectivity index (χ0) is 27.6. The van der Waals surface area contributed by atoms with Gasteiger partial charge in [0.15, 0.2) is 6.10 Å². The van der Waals surface area contributed by atoms with Gasteiger partial charge in [0.05, 0.1) is 12.2 Å². The number of aliphatic hydroxyl groups excluding tert-OH is 2. The van der Waals surface area contributed by atoms with E-state index in [1.807, 2.05) is 86.7 Å². The van der Waals surface area contributed by atoms with E-state index in [9.17, 15) is 15.0 Å². The molecule has 0 aromatic heterocycles. The first-order valence-corrected chi connectivity index (χ1v) is 14.4. The molecule has 6 atom stereocenters. The summed E-state index contributed by atoms with van der Waals surface area (Å²) in [4.78, 5) is 12.8. The van der Waals surface area contributed by atoms with Crippen LogP contribution in [0.25, 0.3) is 0 Å². The molecule has 0 spiro atoms. The minimum absolute atomic E-state index is 0.0735. The van der Waals surface area contributed by atoms with Gasteiger partial charge in [0.1, 0.15) is 0 Å². The lowest BCUT2D eigenvalue weighted by Gasteiger charge is -2.19. The maximum Gasteiger partial charge on any atom is 0.306 e. The van der Waals surface area contributed by atoms with Crippen LogP contribution >= 0.6 is 0 Å². The van der Waals surface area contributed by atoms with E-state index in [2.05, 4.69) is 17.9 Å². The van der Waals surface area contributed by atoms with Crippen molar-refractivity contribution in [2.45, 2.75) is 77.1 Å². The summed E-state index contributed by atoms with van der Waals surface area (Å²) in [5.41, 5.74) is 3.38. The fourth-order valence-electron chi connectivity index (χ4n) is 6.08. The number of carbonyl (C=O) groups excluding carboxylic acids is 1. The molecule has 2 aliphatic rings. The molecule has 1 unspecified atom stereocenters. The van der Waals surface area contributed by atoms with Crippen LogP contribution in [0.1, 0.15) is 76.0 Å². The smallest absolute Gasteiger partial charge is 0.306 e. The fourth-order valence-corrected chi connectivity index (χ4v) is 6.08. The zero-order valence-electron chi connectivity index (χ0n) is 23.2. The summed E-state index contributed by atoms with van der Waals surface area (Å²) in [5.74, 6) is 6.81. The van der Waals surface area contributed by atoms with Gasteiger partial charge in [-0.15, -0.1) is 11.8 Å². The molecular weight excluding hydrogens is 484 g/mol. The Morgan fingerprint density at radius 1 is 1.08 bits per heavy atom. The number of carbonyl (C=O) groups is 1. The molecule has 206 valence electrons. The number of benzene rings is 2. The largest absolute Gasteiger partial charge is 0.453 e. The lowest BCUT2D eigenvalue weighted by atomic mass is 9.89. The highest BCUT2D eigenvalue weighted by molar-refractivity contribution is 5.70. The van der Waals surface area contributed by atoms with E-state index < -0.39 is 12.2 Å². The van der Waals surface area contributed by atoms with Gasteiger partial charge in [-0.2, -0.15) is 0 Å². The van der Waals surface area contributed by atoms with Crippen LogP contribution in [-0.2, 0) is 9.53 Å². The maximum absolute atomic E-state index is 12.8. The molecule has 0 amide bonds. The van der Waals surface area contributed by atoms with Crippen molar-refractivity contribution in [1.82, 2.24) is 0 Å². The molecule has 2 N–H and O–H groups in total. The zero-order valence-corrected chi connectivity index (χ0v) is 23.2. The molecule has 0 aliphatic heterocycles. The van der Waals surface area contributed by atoms with Crippen molar-refractivity contribution < 1.29 is 19.7 Å². The van der Waals surface area contributed by atoms with E-state index in [1.165, 1.54) is 5.57 Å². The molecular formula is C35H42O4. The first-order chi connectivity index (χ1) is 19.0. The second-order valence-electron chi connectivity index (χ2n) is 11.1. The summed E-state index contributed by atoms with van der Waals surface area (Å²) < 4.78 is 5.94. The van der Waals surface area contributed by atoms with Crippen LogP contribution in [0.3, 0.4) is 0 Å². The Kier molecular flexibility index (Phi) is 10.6. The topological polar surface area (TPSA) is 66.8 Å². The second kappa shape index (κ2) is 14.3. The van der Waals surface area contributed by atoms with Gasteiger partial charge in [-0.1, -0.05) is 91.4 Å². The standard InChI is InChI=1S/C35H42O4/c1-3-4-13-25(2)32(36)21-20-30-31-23-26(22-29(31)24-33(30)37)14-11-12-19-34(38)39-35(27-15-7-5-8-16-27)28-17-9-6-10-18-28/h5-10,14-18,20-21,25,29-33,35-37H,11-13,19,22-24H2,1-2H3/t25?,29-,30+,31-,32+,33+/m0/s1. The number of fused-ring (bicyclic) bond motifs is 1. The van der Waals surface area contributed by atoms with Gasteiger partial charge >= 0.3 is 5.97 Å². The molecule has 0 radical (unpaired) electrons. The third kappa shape index (κ3) is 7.94. The van der Waals surface area contributed by atoms with Crippen molar-refractivity contribution >= 4 is 5.97 Å². The predicted molar refractivity (Wildman–Crippen MR) is 155 cm³/mol. The van der Waals surface area contributed by atoms with Crippen molar-refractivity contribution in [2.75, 3.05) is 0 Å². The van der Waals surface area contributed by atoms with Crippen molar-refractivity contribution in [3.63, 3.8) is 0 Å². The van der Waals surface area contributed by atoms with Gasteiger partial charge in [-0.25, -0.2) is 0 Å². The van der Waals surface area contributed by atoms with E-state index in [0.717, 1.165) is 43.2 Å². The molecule has 4 heteroatoms. The summed E-state index contributed by atoms with van der Waals surface area (Å²) in [6, 6.07) is 19.8. The minimum atomic E-state index is -0.545. The summed E-state index contributed by atoms with van der Waals surface area (Å²) in [6.45, 7) is 3.82. The highest BCUT2D eigenvalue weighted by atomic mass is 16.5. The summed E-state index contributed by atoms with van der Waals surface area (Å²) in [5, 5.41) is 21.1. The van der Waals surface area contributed by atoms with Gasteiger partial charge in [0.2, 0.25) is 0 Å². The molecule has 4 nitrogen and oxygen atoms in total. The second-order valence-corrected chi connectivity index (χ2v) is 11.1. The SMILES string of the molecule is CC#CCC(C)[C@H](O)C=C[C@@H]1[C@H]2CC(=CCCCC(=O)OC(c3ccccc3)c3ccccc3)C[C@H]2C[C@H]1O. The molecule has 2 saturated carbocycles. The average molecular weight is 527 g/mol. The Labute approximate surface area is 233 Å². The quantitative estimate of drug-likeness (QED) is 0.146. The summed E-state index contributed by atoms with van der Waals surface area (Å²) in [7, 11) is 0. The highest BCUT2D eigenvalue weighted by Gasteiger charge is 2.45. The molecule has 2 aromatic rings. The van der Waals surface area contributed by atoms with Crippen molar-refractivity contribution in [3.05, 3.63) is 95.6 Å². The minimum Gasteiger partial charge on any atom is -0.453 e. The van der Waals surface area contributed by atoms with Crippen LogP contribution in [-0.4, -0.2) is 28.4 Å². The molecule has 0 bridgehead atoms. The third-order valence-electron chi connectivity index (χ3n) is 8.30. The van der Waals surface area contributed by atoms with Crippen LogP contribution in [0.4, 0.5) is 0 Å². The van der Waals surface area contributed by atoms with Gasteiger partial charge in [-0.3, -0.25) is 4.79 Å². The summed E-state index contributed by atoms with van der Waals surface area (Å²) in [6.07, 6.45) is 10.4. The van der Waals surface area contributed by atoms with Crippen LogP contribution < -0.4 is 0 Å². The van der Waals surface area contributed by atoms with Gasteiger partial charge in [0, 0.05) is 18.8 Å². The lowest BCUT2D eigenvalue weighted by Crippen LogP contribution is -2.19. The van der Waals surface area contributed by atoms with E-state index in [-0.39, 0.29) is 23.9 Å². The number of aliphatic hydroxyl groups is 2. The first kappa shape index (κ1) is 28.9. The Morgan fingerprint density at radius 3 is 2.38 bits per heavy atom. The van der Waals surface area contributed by atoms with Crippen LogP contribution in [0, 0.1) is 35.5 Å². The molecule has 2 fully saturated rings. The Bertz CT molecular complexity index is 1130. The number of esters is 1. The van der Waals surface area contributed by atoms with Gasteiger partial charge in [0.25, 0.3) is 0 Å². The number of ether oxygens (including phenoxy) is 1. The number of unbranched alkanes of at least 4 members (excludes halogenated alkanes) is 1. The third-order valence-corrected chi connectivity index (χ3v) is 8.30. The average Bonchev–Trinajstić information content (AvgIpc) is 3.48. The van der Waals surface area contributed by atoms with Gasteiger partial charge in [-0.05, 0) is 67.9 Å². The number of rotatable bonds is 11. The lowest BCUT2D eigenvalue weighted by molar-refractivity contribution is -0.147. The number of hydrogen-bond acceptors (Lipinski definition) is 4. The monoisotopic (exact) mass is 526 g/mol. The molecule has 0 saturated heterocycles. The first-order valence-electron chi connectivity index (χ1n) is 14.4. The maximum atomic E-state index is 12.8. The van der Waals surface area contributed by atoms with E-state index >= 15 is 0 Å². The van der Waals surface area contributed by atoms with E-state index in [0.29, 0.717) is 24.7 Å². The highest BCUT2D eigenvalue weighted by Crippen LogP contribution is 2.50. The fraction of sp³-hybridized carbons (Fsp3) is 0.457. The Balaban J connectivity index is 1.26. The van der Waals surface area contributed by atoms with Gasteiger partial charge < -0.3 is 14.9 Å². The normalized spacial score (nSPS) is 24.9. The van der Waals surface area contributed by atoms with Crippen LogP contribution in [0.5, 0.6) is 0 Å². The van der Waals surface area contributed by atoms with E-state index in [1.54, 1.807) is 0 Å². The Hall–Kier alpha value is -3.13. The van der Waals surface area contributed by atoms with Crippen LogP contribution in [0.2, 0.25) is 0 Å². The van der Waals surface area contributed by atoms with Crippen LogP contribution in [0.15, 0.2) is 84.5 Å². The van der Waals surface area contributed by atoms with Crippen molar-refractivity contribution in [1.29, 1.82) is 0 Å². The Morgan fingerprint density at radius 2 is 1.74 bits per heavy atom. The predicted octanol–water partition coefficient (Wildman–Crippen LogP) is 6.79. The van der Waals surface area contributed by atoms with Crippen molar-refractivity contribution in [2.24, 2.45) is 23.7 Å². The number of hydrogen-bond donors (Lipinski definition) is 2. The molecule has 2 aliphatic carbocycles. The molecule has 0 heterocycles. The molecule has 2 aromatic carbocycles. The molecule has 4 rings (SSSR count). The molecule has 39 heavy (non-hydrogen) atoms. The van der Waals surface area contributed by atoms with Crippen molar-refractivity contribution in [3.8, 4) is 11.8 Å². The summed E-state index contributed by atoms with van der Waals surface area (Å²) >= 11 is 0.